The molecule has 0 aliphatic carbocycles. The summed E-state index contributed by atoms with van der Waals surface area (Å²) in [5.41, 5.74) is -5.68. The third-order valence-electron chi connectivity index (χ3n) is 1.37. The minimum absolute atomic E-state index is 0.664. The zero-order chi connectivity index (χ0) is 11.2. The molecule has 1 heterocycles. The van der Waals surface area contributed by atoms with Crippen LogP contribution in [0.15, 0.2) is 0 Å². The second-order valence-corrected chi connectivity index (χ2v) is 6.05. The van der Waals surface area contributed by atoms with Crippen molar-refractivity contribution in [2.24, 2.45) is 0 Å². The molecule has 1 unspecified atom stereocenters. The maximum atomic E-state index is 12.7. The van der Waals surface area contributed by atoms with Crippen molar-refractivity contribution in [1.29, 1.82) is 0 Å². The van der Waals surface area contributed by atoms with Crippen molar-refractivity contribution < 1.29 is 34.9 Å². The Labute approximate surface area is 76.3 Å². The lowest BCUT2D eigenvalue weighted by Crippen LogP contribution is -2.36. The van der Waals surface area contributed by atoms with E-state index in [1.165, 1.54) is 0 Å². The van der Waals surface area contributed by atoms with E-state index >= 15 is 0 Å². The molecule has 1 aliphatic heterocycles. The minimum Gasteiger partial charge on any atom is -0.291 e. The molecule has 5 nitrogen and oxygen atoms in total. The predicted molar refractivity (Wildman–Crippen MR) is 36.3 cm³/mol. The molecule has 11 heteroatoms. The largest absolute Gasteiger partial charge is 0.512 e. The third-order valence-corrected chi connectivity index (χ3v) is 5.16. The smallest absolute Gasteiger partial charge is 0.291 e. The van der Waals surface area contributed by atoms with Crippen LogP contribution in [-0.4, -0.2) is 31.2 Å². The molecule has 0 aromatic carbocycles. The SMILES string of the molecule is O=P1(F)OCCN1S(=O)(=O)C(F)(F)F. The van der Waals surface area contributed by atoms with E-state index in [-0.39, 0.29) is 0 Å². The van der Waals surface area contributed by atoms with Crippen LogP contribution in [-0.2, 0) is 19.1 Å². The van der Waals surface area contributed by atoms with Crippen molar-refractivity contribution in [2.75, 3.05) is 13.2 Å². The molecular formula is C3H4F4NO4PS. The summed E-state index contributed by atoms with van der Waals surface area (Å²) in [4.78, 5) is 0. The first-order valence-electron chi connectivity index (χ1n) is 3.13. The fourth-order valence-electron chi connectivity index (χ4n) is 0.783. The van der Waals surface area contributed by atoms with E-state index in [0.717, 1.165) is 0 Å². The Bertz CT molecular complexity index is 377. The highest BCUT2D eigenvalue weighted by Crippen LogP contribution is 2.59. The molecule has 1 saturated heterocycles. The molecule has 1 rings (SSSR count). The standard InChI is InChI=1S/C3H4F4NO4PS/c4-3(5,6)14(10,11)8-1-2-12-13(8,7)9/h1-2H2. The Morgan fingerprint density at radius 1 is 1.36 bits per heavy atom. The zero-order valence-electron chi connectivity index (χ0n) is 6.36. The summed E-state index contributed by atoms with van der Waals surface area (Å²) >= 11 is 0. The Hall–Kier alpha value is -0.180. The fourth-order valence-corrected chi connectivity index (χ4v) is 3.54. The van der Waals surface area contributed by atoms with Crippen molar-refractivity contribution in [3.05, 3.63) is 0 Å². The summed E-state index contributed by atoms with van der Waals surface area (Å²) in [6, 6.07) is 0. The first kappa shape index (κ1) is 11.9. The number of hydrogen-bond donors (Lipinski definition) is 0. The molecule has 1 aliphatic rings. The molecular weight excluding hydrogens is 253 g/mol. The lowest BCUT2D eigenvalue weighted by molar-refractivity contribution is -0.0469. The van der Waals surface area contributed by atoms with E-state index < -0.39 is 40.6 Å². The molecule has 1 fully saturated rings. The van der Waals surface area contributed by atoms with Gasteiger partial charge in [0.1, 0.15) is 0 Å². The topological polar surface area (TPSA) is 63.7 Å². The molecule has 0 radical (unpaired) electrons. The van der Waals surface area contributed by atoms with Gasteiger partial charge in [0, 0.05) is 6.54 Å². The van der Waals surface area contributed by atoms with Gasteiger partial charge in [-0.3, -0.25) is 4.52 Å². The molecule has 84 valence electrons. The number of sulfonamides is 1. The quantitative estimate of drug-likeness (QED) is 0.523. The fraction of sp³-hybridized carbons (Fsp3) is 1.00. The molecule has 0 aromatic heterocycles. The average Bonchev–Trinajstić information content (AvgIpc) is 2.27. The van der Waals surface area contributed by atoms with Crippen LogP contribution in [0, 0.1) is 0 Å². The van der Waals surface area contributed by atoms with E-state index in [0.29, 0.717) is 0 Å². The summed E-state index contributed by atoms with van der Waals surface area (Å²) < 4.78 is 83.0. The molecule has 14 heavy (non-hydrogen) atoms. The van der Waals surface area contributed by atoms with Crippen molar-refractivity contribution >= 4 is 17.9 Å². The van der Waals surface area contributed by atoms with Gasteiger partial charge in [0.25, 0.3) is 0 Å². The van der Waals surface area contributed by atoms with Gasteiger partial charge in [-0.05, 0) is 0 Å². The van der Waals surface area contributed by atoms with Gasteiger partial charge in [0.15, 0.2) is 0 Å². The second-order valence-electron chi connectivity index (χ2n) is 2.28. The number of rotatable bonds is 1. The van der Waals surface area contributed by atoms with E-state index in [1.54, 1.807) is 0 Å². The number of alkyl halides is 3. The number of hydrogen-bond acceptors (Lipinski definition) is 4. The highest BCUT2D eigenvalue weighted by Gasteiger charge is 2.58. The zero-order valence-corrected chi connectivity index (χ0v) is 8.07. The van der Waals surface area contributed by atoms with Gasteiger partial charge in [-0.15, -0.1) is 4.20 Å². The van der Waals surface area contributed by atoms with Crippen LogP contribution in [0.1, 0.15) is 0 Å². The first-order valence-corrected chi connectivity index (χ1v) is 6.03. The highest BCUT2D eigenvalue weighted by molar-refractivity contribution is 7.95. The van der Waals surface area contributed by atoms with Gasteiger partial charge in [-0.2, -0.15) is 13.2 Å². The van der Waals surface area contributed by atoms with E-state index in [1.807, 2.05) is 0 Å². The monoisotopic (exact) mass is 257 g/mol. The van der Waals surface area contributed by atoms with Crippen molar-refractivity contribution in [2.45, 2.75) is 5.51 Å². The van der Waals surface area contributed by atoms with Gasteiger partial charge >= 0.3 is 23.4 Å². The summed E-state index contributed by atoms with van der Waals surface area (Å²) in [6.07, 6.45) is 0. The molecule has 0 spiro atoms. The molecule has 0 bridgehead atoms. The lowest BCUT2D eigenvalue weighted by Gasteiger charge is -2.17. The van der Waals surface area contributed by atoms with Gasteiger partial charge < -0.3 is 0 Å². The molecule has 1 atom stereocenters. The van der Waals surface area contributed by atoms with Crippen molar-refractivity contribution in [3.63, 3.8) is 0 Å². The van der Waals surface area contributed by atoms with Gasteiger partial charge in [0.05, 0.1) is 6.61 Å². The summed E-state index contributed by atoms with van der Waals surface area (Å²) in [5, 5.41) is 0. The number of halogens is 4. The van der Waals surface area contributed by atoms with Crippen LogP contribution in [0.25, 0.3) is 0 Å². The van der Waals surface area contributed by atoms with Crippen LogP contribution >= 0.6 is 7.83 Å². The molecule has 0 aromatic rings. The van der Waals surface area contributed by atoms with Crippen LogP contribution < -0.4 is 0 Å². The Balaban J connectivity index is 3.13. The molecule has 0 saturated carbocycles. The summed E-state index contributed by atoms with van der Waals surface area (Å²) in [6.45, 7) is -1.57. The number of nitrogens with zero attached hydrogens (tertiary/aromatic N) is 1. The third kappa shape index (κ3) is 1.79. The van der Waals surface area contributed by atoms with Crippen molar-refractivity contribution in [3.8, 4) is 0 Å². The predicted octanol–water partition coefficient (Wildman–Crippen LogP) is 1.25. The Kier molecular flexibility index (Phi) is 2.68. The summed E-state index contributed by atoms with van der Waals surface area (Å²) in [7, 11) is -11.3. The van der Waals surface area contributed by atoms with Gasteiger partial charge in [-0.25, -0.2) is 13.0 Å². The molecule has 0 N–H and O–H groups in total. The van der Waals surface area contributed by atoms with Crippen LogP contribution in [0.5, 0.6) is 0 Å². The lowest BCUT2D eigenvalue weighted by atomic mass is 10.8. The van der Waals surface area contributed by atoms with Crippen molar-refractivity contribution in [1.82, 2.24) is 4.08 Å². The van der Waals surface area contributed by atoms with Crippen LogP contribution in [0.4, 0.5) is 17.4 Å². The van der Waals surface area contributed by atoms with E-state index in [2.05, 4.69) is 4.52 Å². The molecule has 0 amide bonds. The Morgan fingerprint density at radius 2 is 1.86 bits per heavy atom. The van der Waals surface area contributed by atoms with Crippen LogP contribution in [0.3, 0.4) is 0 Å². The Morgan fingerprint density at radius 3 is 2.14 bits per heavy atom. The minimum atomic E-state index is -5.91. The van der Waals surface area contributed by atoms with E-state index in [4.69, 9.17) is 0 Å². The van der Waals surface area contributed by atoms with Gasteiger partial charge in [-0.1, -0.05) is 4.08 Å². The maximum absolute atomic E-state index is 12.7. The second kappa shape index (κ2) is 3.16. The average molecular weight is 257 g/mol. The maximum Gasteiger partial charge on any atom is 0.512 e. The summed E-state index contributed by atoms with van der Waals surface area (Å²) in [5.74, 6) is 0. The first-order chi connectivity index (χ1) is 6.09. The van der Waals surface area contributed by atoms with E-state index in [9.17, 15) is 30.4 Å². The van der Waals surface area contributed by atoms with Crippen LogP contribution in [0.2, 0.25) is 0 Å². The van der Waals surface area contributed by atoms with Gasteiger partial charge in [0.2, 0.25) is 0 Å². The normalized spacial score (nSPS) is 30.9. The highest BCUT2D eigenvalue weighted by atomic mass is 32.2.